The fourth-order valence-corrected chi connectivity index (χ4v) is 16.3. The first kappa shape index (κ1) is 61.1. The van der Waals surface area contributed by atoms with Gasteiger partial charge in [0, 0.05) is 29.4 Å². The molecule has 0 heterocycles. The summed E-state index contributed by atoms with van der Waals surface area (Å²) in [6, 6.07) is 16.1. The maximum atomic E-state index is 3.88. The summed E-state index contributed by atoms with van der Waals surface area (Å²) in [4.78, 5) is 9.16. The Hall–Kier alpha value is -0.500. The Kier molecular flexibility index (Phi) is 35.3. The minimum Gasteiger partial charge on any atom is -0.125 e. The third-order valence-electron chi connectivity index (χ3n) is 13.7. The smallest absolute Gasteiger partial charge is 0.0215 e. The van der Waals surface area contributed by atoms with Crippen LogP contribution in [0.5, 0.6) is 0 Å². The first-order valence-corrected chi connectivity index (χ1v) is 34.9. The standard InChI is InChI=1S/C63H100S6/c1-7-13-19-25-26-27-28-29-30-31-32-33-39-45-69-63-51-57-55-49-61(67-43-37-23-17-11-5)59(65-41-35-21-15-9-3)47-53(55)52-46-58(64-40-34-20-14-8-2)60(66-42-36-22-16-10-4)48-54(52)56(57)50-62(63)68-44-38-24-18-12-6/h7,46-51H,1,8-45H2,2-6H3. The molecule has 69 heavy (non-hydrogen) atoms. The molecular formula is C63H100S6. The summed E-state index contributed by atoms with van der Waals surface area (Å²) in [6.07, 6.45) is 45.0. The molecule has 0 N–H and O–H groups in total. The van der Waals surface area contributed by atoms with Crippen LogP contribution >= 0.6 is 70.6 Å². The predicted octanol–water partition coefficient (Wildman–Crippen LogP) is 24.5. The van der Waals surface area contributed by atoms with Gasteiger partial charge in [0.25, 0.3) is 0 Å². The van der Waals surface area contributed by atoms with E-state index in [0.29, 0.717) is 0 Å². The maximum absolute atomic E-state index is 3.88. The molecule has 0 atom stereocenters. The molecule has 0 aromatic heterocycles. The first-order chi connectivity index (χ1) is 34.1. The zero-order chi connectivity index (χ0) is 49.0. The molecule has 0 saturated heterocycles. The van der Waals surface area contributed by atoms with Gasteiger partial charge in [-0.2, -0.15) is 0 Å². The van der Waals surface area contributed by atoms with Crippen molar-refractivity contribution in [2.24, 2.45) is 0 Å². The normalized spacial score (nSPS) is 11.8. The van der Waals surface area contributed by atoms with E-state index in [0.717, 1.165) is 0 Å². The Balaban J connectivity index is 1.77. The Morgan fingerprint density at radius 2 is 0.435 bits per heavy atom. The zero-order valence-corrected chi connectivity index (χ0v) is 50.0. The van der Waals surface area contributed by atoms with Crippen LogP contribution in [0.15, 0.2) is 78.4 Å². The van der Waals surface area contributed by atoms with Crippen molar-refractivity contribution in [3.8, 4) is 0 Å². The molecular weight excluding hydrogens is 949 g/mol. The Morgan fingerprint density at radius 3 is 0.623 bits per heavy atom. The van der Waals surface area contributed by atoms with Gasteiger partial charge in [-0.3, -0.25) is 0 Å². The molecule has 4 rings (SSSR count). The number of hydrogen-bond donors (Lipinski definition) is 0. The van der Waals surface area contributed by atoms with Crippen molar-refractivity contribution in [2.75, 3.05) is 34.5 Å². The summed E-state index contributed by atoms with van der Waals surface area (Å²) < 4.78 is 0. The maximum Gasteiger partial charge on any atom is 0.0215 e. The highest BCUT2D eigenvalue weighted by molar-refractivity contribution is 8.03. The molecule has 388 valence electrons. The summed E-state index contributed by atoms with van der Waals surface area (Å²) in [7, 11) is 0. The lowest BCUT2D eigenvalue weighted by molar-refractivity contribution is 0.551. The van der Waals surface area contributed by atoms with Crippen molar-refractivity contribution < 1.29 is 0 Å². The fourth-order valence-electron chi connectivity index (χ4n) is 9.41. The minimum absolute atomic E-state index is 1.18. The van der Waals surface area contributed by atoms with Gasteiger partial charge in [0.15, 0.2) is 0 Å². The molecule has 0 aliphatic rings. The molecule has 0 bridgehead atoms. The molecule has 0 unspecified atom stereocenters. The molecule has 0 saturated carbocycles. The van der Waals surface area contributed by atoms with Gasteiger partial charge in [-0.15, -0.1) is 77.2 Å². The Bertz CT molecular complexity index is 1900. The lowest BCUT2D eigenvalue weighted by atomic mass is 9.94. The fraction of sp³-hybridized carbons (Fsp3) is 0.683. The van der Waals surface area contributed by atoms with Crippen LogP contribution in [0.1, 0.15) is 240 Å². The average Bonchev–Trinajstić information content (AvgIpc) is 3.36. The number of benzene rings is 4. The molecule has 0 aliphatic carbocycles. The monoisotopic (exact) mass is 1050 g/mol. The van der Waals surface area contributed by atoms with E-state index in [-0.39, 0.29) is 0 Å². The molecule has 0 nitrogen and oxygen atoms in total. The van der Waals surface area contributed by atoms with Gasteiger partial charge < -0.3 is 0 Å². The summed E-state index contributed by atoms with van der Waals surface area (Å²) in [5.74, 6) is 7.31. The van der Waals surface area contributed by atoms with Gasteiger partial charge in [0.2, 0.25) is 0 Å². The number of hydrogen-bond acceptors (Lipinski definition) is 6. The minimum atomic E-state index is 1.18. The Morgan fingerprint density at radius 1 is 0.261 bits per heavy atom. The van der Waals surface area contributed by atoms with E-state index in [1.54, 1.807) is 0 Å². The van der Waals surface area contributed by atoms with Gasteiger partial charge in [0.05, 0.1) is 0 Å². The van der Waals surface area contributed by atoms with E-state index in [2.05, 4.69) is 154 Å². The topological polar surface area (TPSA) is 0 Å². The van der Waals surface area contributed by atoms with Crippen LogP contribution in [0, 0.1) is 0 Å². The van der Waals surface area contributed by atoms with E-state index in [1.165, 1.54) is 302 Å². The predicted molar refractivity (Wildman–Crippen MR) is 330 cm³/mol. The number of allylic oxidation sites excluding steroid dienone is 1. The molecule has 0 aliphatic heterocycles. The molecule has 0 amide bonds. The summed E-state index contributed by atoms with van der Waals surface area (Å²) >= 11 is 12.9. The zero-order valence-electron chi connectivity index (χ0n) is 45.1. The molecule has 4 aromatic rings. The molecule has 0 fully saturated rings. The molecule has 0 radical (unpaired) electrons. The van der Waals surface area contributed by atoms with Crippen LogP contribution in [0.3, 0.4) is 0 Å². The number of rotatable bonds is 45. The van der Waals surface area contributed by atoms with Gasteiger partial charge in [-0.05, 0) is 155 Å². The van der Waals surface area contributed by atoms with Crippen molar-refractivity contribution in [1.82, 2.24) is 0 Å². The van der Waals surface area contributed by atoms with Crippen molar-refractivity contribution in [1.29, 1.82) is 0 Å². The largest absolute Gasteiger partial charge is 0.125 e. The van der Waals surface area contributed by atoms with Crippen molar-refractivity contribution in [3.63, 3.8) is 0 Å². The van der Waals surface area contributed by atoms with E-state index >= 15 is 0 Å². The average molecular weight is 1050 g/mol. The van der Waals surface area contributed by atoms with Crippen LogP contribution < -0.4 is 0 Å². The van der Waals surface area contributed by atoms with Gasteiger partial charge >= 0.3 is 0 Å². The highest BCUT2D eigenvalue weighted by Gasteiger charge is 2.19. The second kappa shape index (κ2) is 39.9. The van der Waals surface area contributed by atoms with Crippen LogP contribution in [-0.4, -0.2) is 34.5 Å². The van der Waals surface area contributed by atoms with Crippen LogP contribution in [0.25, 0.3) is 32.3 Å². The lowest BCUT2D eigenvalue weighted by Gasteiger charge is -2.20. The summed E-state index contributed by atoms with van der Waals surface area (Å²) in [5.41, 5.74) is 0. The van der Waals surface area contributed by atoms with Crippen molar-refractivity contribution in [2.45, 2.75) is 269 Å². The number of thioether (sulfide) groups is 6. The third-order valence-corrected chi connectivity index (χ3v) is 20.9. The SMILES string of the molecule is C=CCCCCCCCCCCCCCSc1cc2c3cc(SCCCCCC)c(SCCCCCC)cc3c3cc(SCCCCCC)c(SCCCCCC)cc3c2cc1SCCCCCC. The first-order valence-electron chi connectivity index (χ1n) is 29.0. The highest BCUT2D eigenvalue weighted by Crippen LogP contribution is 2.47. The van der Waals surface area contributed by atoms with Gasteiger partial charge in [-0.1, -0.05) is 195 Å². The lowest BCUT2D eigenvalue weighted by Crippen LogP contribution is -1.94. The summed E-state index contributed by atoms with van der Waals surface area (Å²) in [5, 5.41) is 8.92. The Labute approximate surface area is 452 Å². The number of fused-ring (bicyclic) bond motifs is 6. The van der Waals surface area contributed by atoms with Crippen LogP contribution in [0.2, 0.25) is 0 Å². The van der Waals surface area contributed by atoms with Crippen LogP contribution in [0.4, 0.5) is 0 Å². The van der Waals surface area contributed by atoms with Crippen molar-refractivity contribution in [3.05, 3.63) is 49.1 Å². The second-order valence-corrected chi connectivity index (χ2v) is 26.7. The van der Waals surface area contributed by atoms with Crippen LogP contribution in [-0.2, 0) is 0 Å². The van der Waals surface area contributed by atoms with Gasteiger partial charge in [0.1, 0.15) is 0 Å². The van der Waals surface area contributed by atoms with E-state index < -0.39 is 0 Å². The van der Waals surface area contributed by atoms with E-state index in [1.807, 2.05) is 0 Å². The highest BCUT2D eigenvalue weighted by atomic mass is 32.2. The third kappa shape index (κ3) is 23.7. The van der Waals surface area contributed by atoms with Crippen molar-refractivity contribution >= 4 is 103 Å². The molecule has 0 spiro atoms. The number of unbranched alkanes of at least 4 members (excludes halogenated alkanes) is 26. The molecule has 4 aromatic carbocycles. The quantitative estimate of drug-likeness (QED) is 0.0186. The molecule has 6 heteroatoms. The second-order valence-electron chi connectivity index (χ2n) is 19.9. The van der Waals surface area contributed by atoms with E-state index in [4.69, 9.17) is 0 Å². The summed E-state index contributed by atoms with van der Waals surface area (Å²) in [6.45, 7) is 15.6. The van der Waals surface area contributed by atoms with E-state index in [9.17, 15) is 0 Å². The van der Waals surface area contributed by atoms with Gasteiger partial charge in [-0.25, -0.2) is 0 Å².